The highest BCUT2D eigenvalue weighted by atomic mass is 16.5. The van der Waals surface area contributed by atoms with Crippen molar-refractivity contribution in [3.8, 4) is 0 Å². The van der Waals surface area contributed by atoms with Gasteiger partial charge in [-0.3, -0.25) is 14.6 Å². The number of aromatic amines is 2. The zero-order valence-electron chi connectivity index (χ0n) is 11.7. The van der Waals surface area contributed by atoms with Gasteiger partial charge in [-0.05, 0) is 20.3 Å². The number of hydrogen-bond acceptors (Lipinski definition) is 4. The fraction of sp³-hybridized carbons (Fsp3) is 0.615. The number of rotatable bonds is 3. The van der Waals surface area contributed by atoms with Crippen LogP contribution in [0, 0.1) is 6.92 Å². The summed E-state index contributed by atoms with van der Waals surface area (Å²) in [6.45, 7) is 5.30. The summed E-state index contributed by atoms with van der Waals surface area (Å²) in [6, 6.07) is 0. The minimum Gasteiger partial charge on any atom is -0.375 e. The number of nitrogens with one attached hydrogen (secondary N) is 2. The molecule has 0 spiro atoms. The quantitative estimate of drug-likeness (QED) is 0.784. The molecule has 0 saturated carbocycles. The molecule has 0 radical (unpaired) electrons. The summed E-state index contributed by atoms with van der Waals surface area (Å²) in [6.07, 6.45) is 0.622. The van der Waals surface area contributed by atoms with E-state index in [4.69, 9.17) is 4.74 Å². The molecule has 0 unspecified atom stereocenters. The molecule has 110 valence electrons. The third-order valence-corrected chi connectivity index (χ3v) is 3.44. The Hall–Kier alpha value is -1.89. The van der Waals surface area contributed by atoms with Gasteiger partial charge < -0.3 is 14.6 Å². The molecule has 1 saturated heterocycles. The van der Waals surface area contributed by atoms with Crippen molar-refractivity contribution in [1.29, 1.82) is 0 Å². The van der Waals surface area contributed by atoms with Gasteiger partial charge in [-0.2, -0.15) is 0 Å². The van der Waals surface area contributed by atoms with Crippen molar-refractivity contribution < 1.29 is 9.53 Å². The molecule has 2 heterocycles. The molecule has 7 heteroatoms. The molecule has 7 nitrogen and oxygen atoms in total. The van der Waals surface area contributed by atoms with Crippen molar-refractivity contribution in [2.75, 3.05) is 19.7 Å². The van der Waals surface area contributed by atoms with Gasteiger partial charge in [0.25, 0.3) is 5.56 Å². The molecule has 1 atom stereocenters. The lowest BCUT2D eigenvalue weighted by Crippen LogP contribution is -2.44. The van der Waals surface area contributed by atoms with E-state index in [1.165, 1.54) is 0 Å². The third-order valence-electron chi connectivity index (χ3n) is 3.44. The molecule has 2 N–H and O–H groups in total. The largest absolute Gasteiger partial charge is 0.375 e. The van der Waals surface area contributed by atoms with Crippen LogP contribution in [0.25, 0.3) is 0 Å². The first-order valence-corrected chi connectivity index (χ1v) is 6.69. The Kier molecular flexibility index (Phi) is 4.39. The zero-order valence-corrected chi connectivity index (χ0v) is 11.7. The number of aryl methyl sites for hydroxylation is 1. The molecule has 0 bridgehead atoms. The van der Waals surface area contributed by atoms with Crippen LogP contribution in [0.15, 0.2) is 9.59 Å². The summed E-state index contributed by atoms with van der Waals surface area (Å²) in [5.74, 6) is 0.00477. The van der Waals surface area contributed by atoms with Gasteiger partial charge in [0, 0.05) is 30.8 Å². The minimum atomic E-state index is -0.524. The van der Waals surface area contributed by atoms with Crippen LogP contribution in [0.3, 0.4) is 0 Å². The van der Waals surface area contributed by atoms with Crippen LogP contribution in [0.4, 0.5) is 0 Å². The second kappa shape index (κ2) is 6.04. The summed E-state index contributed by atoms with van der Waals surface area (Å²) >= 11 is 0. The first-order valence-electron chi connectivity index (χ1n) is 6.69. The Balaban J connectivity index is 2.00. The van der Waals surface area contributed by atoms with Gasteiger partial charge >= 0.3 is 5.69 Å². The van der Waals surface area contributed by atoms with E-state index in [1.807, 2.05) is 6.92 Å². The maximum Gasteiger partial charge on any atom is 0.325 e. The van der Waals surface area contributed by atoms with Gasteiger partial charge in [0.2, 0.25) is 5.91 Å². The number of H-pyrrole nitrogens is 2. The van der Waals surface area contributed by atoms with Gasteiger partial charge in [0.1, 0.15) is 0 Å². The average molecular weight is 281 g/mol. The van der Waals surface area contributed by atoms with E-state index in [9.17, 15) is 14.4 Å². The zero-order chi connectivity index (χ0) is 14.7. The lowest BCUT2D eigenvalue weighted by atomic mass is 10.1. The van der Waals surface area contributed by atoms with Crippen molar-refractivity contribution in [2.45, 2.75) is 32.8 Å². The second-order valence-electron chi connectivity index (χ2n) is 5.03. The standard InChI is InChI=1S/C13H19N3O4/c1-8-7-16(5-6-20-8)11(17)4-3-10-9(2)14-13(19)15-12(10)18/h8H,3-7H2,1-2H3,(H2,14,15,18,19)/t8-/m1/s1. The molecular weight excluding hydrogens is 262 g/mol. The van der Waals surface area contributed by atoms with Crippen molar-refractivity contribution in [2.24, 2.45) is 0 Å². The molecule has 20 heavy (non-hydrogen) atoms. The lowest BCUT2D eigenvalue weighted by Gasteiger charge is -2.31. The van der Waals surface area contributed by atoms with E-state index in [0.717, 1.165) is 0 Å². The number of aromatic nitrogens is 2. The Morgan fingerprint density at radius 3 is 2.80 bits per heavy atom. The molecule has 1 amide bonds. The van der Waals surface area contributed by atoms with Crippen molar-refractivity contribution in [3.63, 3.8) is 0 Å². The summed E-state index contributed by atoms with van der Waals surface area (Å²) in [7, 11) is 0. The van der Waals surface area contributed by atoms with Gasteiger partial charge in [0.15, 0.2) is 0 Å². The molecule has 1 fully saturated rings. The molecule has 1 aromatic heterocycles. The highest BCUT2D eigenvalue weighted by Crippen LogP contribution is 2.08. The number of carbonyl (C=O) groups is 1. The van der Waals surface area contributed by atoms with Gasteiger partial charge in [-0.15, -0.1) is 0 Å². The minimum absolute atomic E-state index is 0.00477. The normalized spacial score (nSPS) is 19.1. The van der Waals surface area contributed by atoms with E-state index >= 15 is 0 Å². The third kappa shape index (κ3) is 3.36. The van der Waals surface area contributed by atoms with E-state index in [-0.39, 0.29) is 18.4 Å². The Bertz CT molecular complexity index is 604. The van der Waals surface area contributed by atoms with Crippen LogP contribution >= 0.6 is 0 Å². The molecular formula is C13H19N3O4. The highest BCUT2D eigenvalue weighted by Gasteiger charge is 2.21. The Morgan fingerprint density at radius 2 is 2.15 bits per heavy atom. The maximum absolute atomic E-state index is 12.1. The summed E-state index contributed by atoms with van der Waals surface area (Å²) in [4.78, 5) is 41.3. The SMILES string of the molecule is Cc1[nH]c(=O)[nH]c(=O)c1CCC(=O)N1CCO[C@H](C)C1. The van der Waals surface area contributed by atoms with Gasteiger partial charge in [-0.25, -0.2) is 4.79 Å². The summed E-state index contributed by atoms with van der Waals surface area (Å²) < 4.78 is 5.38. The van der Waals surface area contributed by atoms with Crippen molar-refractivity contribution in [1.82, 2.24) is 14.9 Å². The maximum atomic E-state index is 12.1. The van der Waals surface area contributed by atoms with E-state index in [2.05, 4.69) is 9.97 Å². The van der Waals surface area contributed by atoms with Crippen LogP contribution in [0.1, 0.15) is 24.6 Å². The number of hydrogen-bond donors (Lipinski definition) is 2. The van der Waals surface area contributed by atoms with E-state index in [0.29, 0.717) is 37.4 Å². The predicted octanol–water partition coefficient (Wildman–Crippen LogP) is -0.448. The topological polar surface area (TPSA) is 95.3 Å². The van der Waals surface area contributed by atoms with Crippen molar-refractivity contribution >= 4 is 5.91 Å². The van der Waals surface area contributed by atoms with Gasteiger partial charge in [0.05, 0.1) is 12.7 Å². The van der Waals surface area contributed by atoms with Gasteiger partial charge in [-0.1, -0.05) is 0 Å². The van der Waals surface area contributed by atoms with Crippen molar-refractivity contribution in [3.05, 3.63) is 32.1 Å². The number of morpholine rings is 1. The van der Waals surface area contributed by atoms with Crippen LogP contribution in [-0.2, 0) is 16.0 Å². The van der Waals surface area contributed by atoms with Crippen LogP contribution < -0.4 is 11.2 Å². The monoisotopic (exact) mass is 281 g/mol. The van der Waals surface area contributed by atoms with Crippen LogP contribution in [-0.4, -0.2) is 46.6 Å². The average Bonchev–Trinajstić information content (AvgIpc) is 2.37. The Morgan fingerprint density at radius 1 is 1.40 bits per heavy atom. The number of ether oxygens (including phenoxy) is 1. The predicted molar refractivity (Wildman–Crippen MR) is 72.7 cm³/mol. The molecule has 0 aliphatic carbocycles. The molecule has 0 aromatic carbocycles. The molecule has 1 aliphatic heterocycles. The second-order valence-corrected chi connectivity index (χ2v) is 5.03. The first kappa shape index (κ1) is 14.5. The Labute approximate surface area is 116 Å². The summed E-state index contributed by atoms with van der Waals surface area (Å²) in [5, 5.41) is 0. The number of nitrogens with zero attached hydrogens (tertiary/aromatic N) is 1. The smallest absolute Gasteiger partial charge is 0.325 e. The number of amides is 1. The fourth-order valence-electron chi connectivity index (χ4n) is 2.36. The molecule has 2 rings (SSSR count). The lowest BCUT2D eigenvalue weighted by molar-refractivity contribution is -0.138. The summed E-state index contributed by atoms with van der Waals surface area (Å²) in [5.41, 5.74) is 0.0279. The molecule has 1 aromatic rings. The highest BCUT2D eigenvalue weighted by molar-refractivity contribution is 5.76. The fourth-order valence-corrected chi connectivity index (χ4v) is 2.36. The molecule has 1 aliphatic rings. The van der Waals surface area contributed by atoms with E-state index in [1.54, 1.807) is 11.8 Å². The first-order chi connectivity index (χ1) is 9.47. The number of carbonyl (C=O) groups excluding carboxylic acids is 1. The van der Waals surface area contributed by atoms with E-state index < -0.39 is 11.2 Å². The van der Waals surface area contributed by atoms with Crippen LogP contribution in [0.2, 0.25) is 0 Å². The van der Waals surface area contributed by atoms with Crippen LogP contribution in [0.5, 0.6) is 0 Å².